The summed E-state index contributed by atoms with van der Waals surface area (Å²) >= 11 is 0. The topological polar surface area (TPSA) is 66.9 Å². The Morgan fingerprint density at radius 1 is 1.12 bits per heavy atom. The van der Waals surface area contributed by atoms with Gasteiger partial charge in [-0.1, -0.05) is 18.2 Å². The molecule has 0 bridgehead atoms. The molecule has 3 rings (SSSR count). The normalized spacial score (nSPS) is 16.2. The van der Waals surface area contributed by atoms with Crippen LogP contribution in [0.15, 0.2) is 53.4 Å². The molecule has 0 saturated carbocycles. The van der Waals surface area contributed by atoms with Gasteiger partial charge in [0.15, 0.2) is 0 Å². The zero-order valence-electron chi connectivity index (χ0n) is 17.2. The summed E-state index contributed by atoms with van der Waals surface area (Å²) in [5, 5.41) is 1.07. The van der Waals surface area contributed by atoms with Crippen LogP contribution in [-0.4, -0.2) is 49.9 Å². The number of carbonyl (C=O) groups is 1. The number of rotatable bonds is 6. The minimum Gasteiger partial charge on any atom is -0.272 e. The number of hydroxylamine groups is 2. The van der Waals surface area contributed by atoms with Gasteiger partial charge in [0.05, 0.1) is 23.0 Å². The number of piperidine rings is 1. The summed E-state index contributed by atoms with van der Waals surface area (Å²) in [6, 6.07) is 9.14. The summed E-state index contributed by atoms with van der Waals surface area (Å²) in [6.45, 7) is 0.0898. The van der Waals surface area contributed by atoms with Crippen molar-refractivity contribution in [1.82, 2.24) is 9.37 Å². The molecule has 0 aromatic heterocycles. The van der Waals surface area contributed by atoms with Crippen LogP contribution in [0.5, 0.6) is 0 Å². The van der Waals surface area contributed by atoms with Crippen molar-refractivity contribution < 1.29 is 35.6 Å². The molecule has 0 spiro atoms. The van der Waals surface area contributed by atoms with Crippen LogP contribution >= 0.6 is 0 Å². The maximum atomic E-state index is 13.0. The van der Waals surface area contributed by atoms with E-state index in [0.29, 0.717) is 11.6 Å². The first kappa shape index (κ1) is 24.1. The fourth-order valence-corrected chi connectivity index (χ4v) is 4.85. The predicted octanol–water partition coefficient (Wildman–Crippen LogP) is 3.63. The summed E-state index contributed by atoms with van der Waals surface area (Å²) in [7, 11) is -2.65. The lowest BCUT2D eigenvalue weighted by Crippen LogP contribution is -2.43. The summed E-state index contributed by atoms with van der Waals surface area (Å²) in [5.41, 5.74) is -0.410. The average Bonchev–Trinajstić information content (AvgIpc) is 2.75. The number of sulfonamides is 1. The summed E-state index contributed by atoms with van der Waals surface area (Å²) < 4.78 is 78.4. The van der Waals surface area contributed by atoms with Crippen molar-refractivity contribution in [2.45, 2.75) is 36.4 Å². The van der Waals surface area contributed by atoms with Gasteiger partial charge in [-0.15, -0.1) is 0 Å². The lowest BCUT2D eigenvalue weighted by molar-refractivity contribution is -0.201. The summed E-state index contributed by atoms with van der Waals surface area (Å²) in [6.07, 6.45) is -4.51. The molecule has 0 atom stereocenters. The SMILES string of the molecule is CN(OC1CCN(S(=O)(=O)c2cccc(C(F)(F)F)c2)CC1)C(=O)Cc1ccc(F)cc1. The third-order valence-electron chi connectivity index (χ3n) is 5.13. The molecule has 1 aliphatic rings. The summed E-state index contributed by atoms with van der Waals surface area (Å²) in [4.78, 5) is 17.5. The summed E-state index contributed by atoms with van der Waals surface area (Å²) in [5.74, 6) is -0.756. The van der Waals surface area contributed by atoms with Crippen molar-refractivity contribution in [2.24, 2.45) is 0 Å². The standard InChI is InChI=1S/C21H22F4N2O4S/c1-26(20(28)13-15-5-7-17(22)8-6-15)31-18-9-11-27(12-10-18)32(29,30)19-4-2-3-16(14-19)21(23,24)25/h2-8,14,18H,9-13H2,1H3. The Morgan fingerprint density at radius 2 is 1.75 bits per heavy atom. The smallest absolute Gasteiger partial charge is 0.272 e. The van der Waals surface area contributed by atoms with Gasteiger partial charge in [0.25, 0.3) is 0 Å². The van der Waals surface area contributed by atoms with E-state index in [1.807, 2.05) is 0 Å². The molecule has 0 unspecified atom stereocenters. The van der Waals surface area contributed by atoms with Crippen molar-refractivity contribution in [2.75, 3.05) is 20.1 Å². The van der Waals surface area contributed by atoms with Crippen LogP contribution in [0.4, 0.5) is 17.6 Å². The van der Waals surface area contributed by atoms with E-state index in [2.05, 4.69) is 0 Å². The zero-order valence-corrected chi connectivity index (χ0v) is 18.0. The van der Waals surface area contributed by atoms with Gasteiger partial charge in [0, 0.05) is 20.1 Å². The van der Waals surface area contributed by atoms with Gasteiger partial charge < -0.3 is 0 Å². The third-order valence-corrected chi connectivity index (χ3v) is 7.02. The highest BCUT2D eigenvalue weighted by Gasteiger charge is 2.34. The molecule has 0 radical (unpaired) electrons. The Bertz CT molecular complexity index is 1050. The van der Waals surface area contributed by atoms with Gasteiger partial charge in [-0.3, -0.25) is 9.63 Å². The average molecular weight is 474 g/mol. The van der Waals surface area contributed by atoms with E-state index in [1.54, 1.807) is 0 Å². The number of hydrogen-bond donors (Lipinski definition) is 0. The Morgan fingerprint density at radius 3 is 2.34 bits per heavy atom. The molecule has 1 fully saturated rings. The first-order valence-corrected chi connectivity index (χ1v) is 11.3. The van der Waals surface area contributed by atoms with E-state index in [1.165, 1.54) is 31.3 Å². The van der Waals surface area contributed by atoms with Gasteiger partial charge in [-0.2, -0.15) is 17.5 Å². The van der Waals surface area contributed by atoms with Crippen LogP contribution < -0.4 is 0 Å². The molecule has 1 aliphatic heterocycles. The van der Waals surface area contributed by atoms with Crippen LogP contribution in [-0.2, 0) is 32.3 Å². The number of nitrogens with zero attached hydrogens (tertiary/aromatic N) is 2. The molecule has 2 aromatic carbocycles. The van der Waals surface area contributed by atoms with Crippen LogP contribution in [0.2, 0.25) is 0 Å². The van der Waals surface area contributed by atoms with Crippen molar-refractivity contribution >= 4 is 15.9 Å². The highest BCUT2D eigenvalue weighted by molar-refractivity contribution is 7.89. The first-order chi connectivity index (χ1) is 15.0. The van der Waals surface area contributed by atoms with Gasteiger partial charge in [-0.05, 0) is 48.7 Å². The molecule has 0 N–H and O–H groups in total. The van der Waals surface area contributed by atoms with Crippen LogP contribution in [0.3, 0.4) is 0 Å². The molecule has 2 aromatic rings. The lowest BCUT2D eigenvalue weighted by atomic mass is 10.1. The Labute approximate surface area is 183 Å². The molecular weight excluding hydrogens is 452 g/mol. The van der Waals surface area contributed by atoms with Gasteiger partial charge in [0.1, 0.15) is 5.82 Å². The minimum atomic E-state index is -4.64. The van der Waals surface area contributed by atoms with E-state index in [-0.39, 0.29) is 38.3 Å². The van der Waals surface area contributed by atoms with E-state index in [9.17, 15) is 30.8 Å². The molecule has 11 heteroatoms. The molecule has 6 nitrogen and oxygen atoms in total. The van der Waals surface area contributed by atoms with E-state index >= 15 is 0 Å². The monoisotopic (exact) mass is 474 g/mol. The molecule has 1 amide bonds. The number of likely N-dealkylation sites (N-methyl/N-ethyl adjacent to an activating group) is 1. The Balaban J connectivity index is 1.56. The lowest BCUT2D eigenvalue weighted by Gasteiger charge is -2.33. The Kier molecular flexibility index (Phi) is 7.21. The third kappa shape index (κ3) is 5.84. The minimum absolute atomic E-state index is 0.0134. The largest absolute Gasteiger partial charge is 0.416 e. The van der Waals surface area contributed by atoms with Crippen LogP contribution in [0.1, 0.15) is 24.0 Å². The second kappa shape index (κ2) is 9.55. The van der Waals surface area contributed by atoms with Crippen molar-refractivity contribution in [3.8, 4) is 0 Å². The molecule has 0 aliphatic carbocycles. The first-order valence-electron chi connectivity index (χ1n) is 9.82. The number of benzene rings is 2. The van der Waals surface area contributed by atoms with Crippen LogP contribution in [0, 0.1) is 5.82 Å². The highest BCUT2D eigenvalue weighted by Crippen LogP contribution is 2.31. The maximum absolute atomic E-state index is 13.0. The zero-order chi connectivity index (χ0) is 23.5. The highest BCUT2D eigenvalue weighted by atomic mass is 32.2. The molecule has 1 heterocycles. The van der Waals surface area contributed by atoms with Crippen LogP contribution in [0.25, 0.3) is 0 Å². The second-order valence-electron chi connectivity index (χ2n) is 7.43. The van der Waals surface area contributed by atoms with E-state index in [4.69, 9.17) is 4.84 Å². The van der Waals surface area contributed by atoms with Gasteiger partial charge >= 0.3 is 6.18 Å². The number of halogens is 4. The van der Waals surface area contributed by atoms with Gasteiger partial charge in [-0.25, -0.2) is 17.9 Å². The number of amides is 1. The number of alkyl halides is 3. The maximum Gasteiger partial charge on any atom is 0.416 e. The van der Waals surface area contributed by atoms with Crippen molar-refractivity contribution in [3.05, 3.63) is 65.5 Å². The predicted molar refractivity (Wildman–Crippen MR) is 107 cm³/mol. The quantitative estimate of drug-likeness (QED) is 0.474. The van der Waals surface area contributed by atoms with Gasteiger partial charge in [0.2, 0.25) is 15.9 Å². The molecule has 174 valence electrons. The van der Waals surface area contributed by atoms with Crippen molar-refractivity contribution in [1.29, 1.82) is 0 Å². The van der Waals surface area contributed by atoms with Crippen molar-refractivity contribution in [3.63, 3.8) is 0 Å². The molecular formula is C21H22F4N2O4S. The molecule has 1 saturated heterocycles. The fraction of sp³-hybridized carbons (Fsp3) is 0.381. The van der Waals surface area contributed by atoms with E-state index < -0.39 is 38.6 Å². The fourth-order valence-electron chi connectivity index (χ4n) is 3.33. The second-order valence-corrected chi connectivity index (χ2v) is 9.37. The number of carbonyl (C=O) groups excluding carboxylic acids is 1. The molecule has 32 heavy (non-hydrogen) atoms. The Hall–Kier alpha value is -2.50. The van der Waals surface area contributed by atoms with E-state index in [0.717, 1.165) is 27.6 Å². The number of hydrogen-bond acceptors (Lipinski definition) is 4.